The van der Waals surface area contributed by atoms with Crippen molar-refractivity contribution in [3.63, 3.8) is 0 Å². The van der Waals surface area contributed by atoms with Gasteiger partial charge in [-0.25, -0.2) is 0 Å². The SMILES string of the molecule is O=C(N1CCC1)C1(Nc2ccccc2)CCN(Cc2cccc(Cl)c2)CC1. The van der Waals surface area contributed by atoms with Gasteiger partial charge in [-0.05, 0) is 49.1 Å². The molecule has 2 aromatic rings. The van der Waals surface area contributed by atoms with Crippen molar-refractivity contribution in [3.05, 3.63) is 65.2 Å². The van der Waals surface area contributed by atoms with Gasteiger partial charge in [-0.1, -0.05) is 41.9 Å². The second-order valence-corrected chi connectivity index (χ2v) is 8.06. The van der Waals surface area contributed by atoms with Crippen LogP contribution in [0.3, 0.4) is 0 Å². The third-order valence-corrected chi connectivity index (χ3v) is 5.95. The van der Waals surface area contributed by atoms with Crippen molar-refractivity contribution in [1.82, 2.24) is 9.80 Å². The molecule has 2 heterocycles. The third kappa shape index (κ3) is 4.12. The minimum Gasteiger partial charge on any atom is -0.371 e. The quantitative estimate of drug-likeness (QED) is 0.847. The van der Waals surface area contributed by atoms with Crippen LogP contribution < -0.4 is 5.32 Å². The van der Waals surface area contributed by atoms with Crippen molar-refractivity contribution in [2.24, 2.45) is 0 Å². The molecule has 2 aliphatic heterocycles. The zero-order chi connectivity index (χ0) is 18.7. The number of amides is 1. The van der Waals surface area contributed by atoms with Gasteiger partial charge in [0, 0.05) is 43.4 Å². The number of rotatable bonds is 5. The fraction of sp³-hybridized carbons (Fsp3) is 0.409. The van der Waals surface area contributed by atoms with Crippen molar-refractivity contribution in [2.75, 3.05) is 31.5 Å². The molecule has 27 heavy (non-hydrogen) atoms. The summed E-state index contributed by atoms with van der Waals surface area (Å²) in [7, 11) is 0. The Morgan fingerprint density at radius 2 is 1.74 bits per heavy atom. The van der Waals surface area contributed by atoms with E-state index < -0.39 is 5.54 Å². The Labute approximate surface area is 166 Å². The van der Waals surface area contributed by atoms with Crippen LogP contribution in [0.4, 0.5) is 5.69 Å². The normalized spacial score (nSPS) is 19.4. The zero-order valence-corrected chi connectivity index (χ0v) is 16.3. The Balaban J connectivity index is 1.47. The van der Waals surface area contributed by atoms with Gasteiger partial charge in [-0.3, -0.25) is 9.69 Å². The summed E-state index contributed by atoms with van der Waals surface area (Å²) >= 11 is 6.12. The van der Waals surface area contributed by atoms with Crippen molar-refractivity contribution in [1.29, 1.82) is 0 Å². The zero-order valence-electron chi connectivity index (χ0n) is 15.5. The molecule has 2 saturated heterocycles. The van der Waals surface area contributed by atoms with Crippen LogP contribution in [0.15, 0.2) is 54.6 Å². The van der Waals surface area contributed by atoms with Crippen LogP contribution in [-0.2, 0) is 11.3 Å². The molecule has 5 heteroatoms. The topological polar surface area (TPSA) is 35.6 Å². The standard InChI is InChI=1S/C22H26ClN3O/c23-19-7-4-6-18(16-19)17-25-14-10-22(11-15-25,21(27)26-12-5-13-26)24-20-8-2-1-3-9-20/h1-4,6-9,16,24H,5,10-15,17H2. The fourth-order valence-corrected chi connectivity index (χ4v) is 4.21. The van der Waals surface area contributed by atoms with Crippen molar-refractivity contribution in [3.8, 4) is 0 Å². The Hall–Kier alpha value is -2.04. The molecule has 0 saturated carbocycles. The Morgan fingerprint density at radius 1 is 1.00 bits per heavy atom. The molecule has 4 nitrogen and oxygen atoms in total. The summed E-state index contributed by atoms with van der Waals surface area (Å²) in [5.41, 5.74) is 1.75. The molecule has 0 aliphatic carbocycles. The first kappa shape index (κ1) is 18.3. The van der Waals surface area contributed by atoms with Crippen LogP contribution in [0.2, 0.25) is 5.02 Å². The molecule has 2 aliphatic rings. The number of benzene rings is 2. The average Bonchev–Trinajstić information content (AvgIpc) is 2.63. The van der Waals surface area contributed by atoms with E-state index in [0.717, 1.165) is 62.7 Å². The number of hydrogen-bond acceptors (Lipinski definition) is 3. The number of carbonyl (C=O) groups is 1. The third-order valence-electron chi connectivity index (χ3n) is 5.71. The number of nitrogens with one attached hydrogen (secondary N) is 1. The molecule has 0 radical (unpaired) electrons. The van der Waals surface area contributed by atoms with Gasteiger partial charge < -0.3 is 10.2 Å². The molecule has 0 unspecified atom stereocenters. The molecule has 142 valence electrons. The van der Waals surface area contributed by atoms with Crippen molar-refractivity contribution < 1.29 is 4.79 Å². The first-order chi connectivity index (χ1) is 13.1. The van der Waals surface area contributed by atoms with Crippen LogP contribution >= 0.6 is 11.6 Å². The number of hydrogen-bond donors (Lipinski definition) is 1. The molecular weight excluding hydrogens is 358 g/mol. The largest absolute Gasteiger partial charge is 0.371 e. The molecule has 1 amide bonds. The maximum atomic E-state index is 13.2. The lowest BCUT2D eigenvalue weighted by Crippen LogP contribution is -2.61. The highest BCUT2D eigenvalue weighted by atomic mass is 35.5. The molecule has 2 aromatic carbocycles. The van der Waals surface area contributed by atoms with Gasteiger partial charge in [0.2, 0.25) is 5.91 Å². The highest BCUT2D eigenvalue weighted by molar-refractivity contribution is 6.30. The molecule has 2 fully saturated rings. The molecule has 4 rings (SSSR count). The fourth-order valence-electron chi connectivity index (χ4n) is 4.00. The Kier molecular flexibility index (Phi) is 5.37. The summed E-state index contributed by atoms with van der Waals surface area (Å²) < 4.78 is 0. The van der Waals surface area contributed by atoms with E-state index in [1.54, 1.807) is 0 Å². The average molecular weight is 384 g/mol. The predicted molar refractivity (Wildman–Crippen MR) is 110 cm³/mol. The molecule has 0 atom stereocenters. The van der Waals surface area contributed by atoms with Gasteiger partial charge in [0.05, 0.1) is 0 Å². The second-order valence-electron chi connectivity index (χ2n) is 7.62. The molecule has 1 N–H and O–H groups in total. The van der Waals surface area contributed by atoms with E-state index >= 15 is 0 Å². The minimum absolute atomic E-state index is 0.264. The van der Waals surface area contributed by atoms with Crippen molar-refractivity contribution >= 4 is 23.2 Å². The lowest BCUT2D eigenvalue weighted by Gasteiger charge is -2.46. The number of para-hydroxylation sites is 1. The number of anilines is 1. The molecule has 0 spiro atoms. The highest BCUT2D eigenvalue weighted by Gasteiger charge is 2.44. The number of likely N-dealkylation sites (tertiary alicyclic amines) is 2. The van der Waals surface area contributed by atoms with E-state index in [1.807, 2.05) is 53.4 Å². The van der Waals surface area contributed by atoms with E-state index in [1.165, 1.54) is 5.56 Å². The van der Waals surface area contributed by atoms with Crippen molar-refractivity contribution in [2.45, 2.75) is 31.3 Å². The minimum atomic E-state index is -0.493. The van der Waals surface area contributed by atoms with Crippen LogP contribution in [0, 0.1) is 0 Å². The first-order valence-corrected chi connectivity index (χ1v) is 10.1. The Bertz CT molecular complexity index is 783. The van der Waals surface area contributed by atoms with E-state index in [2.05, 4.69) is 16.3 Å². The van der Waals surface area contributed by atoms with E-state index in [9.17, 15) is 4.79 Å². The maximum Gasteiger partial charge on any atom is 0.248 e. The van der Waals surface area contributed by atoms with Gasteiger partial charge in [-0.15, -0.1) is 0 Å². The highest BCUT2D eigenvalue weighted by Crippen LogP contribution is 2.31. The lowest BCUT2D eigenvalue weighted by molar-refractivity contribution is -0.141. The summed E-state index contributed by atoms with van der Waals surface area (Å²) in [6, 6.07) is 18.2. The maximum absolute atomic E-state index is 13.2. The summed E-state index contributed by atoms with van der Waals surface area (Å²) in [4.78, 5) is 17.7. The second kappa shape index (κ2) is 7.91. The van der Waals surface area contributed by atoms with Gasteiger partial charge in [-0.2, -0.15) is 0 Å². The van der Waals surface area contributed by atoms with Gasteiger partial charge in [0.15, 0.2) is 0 Å². The summed E-state index contributed by atoms with van der Waals surface area (Å²) in [6.45, 7) is 4.45. The van der Waals surface area contributed by atoms with Crippen LogP contribution in [0.25, 0.3) is 0 Å². The number of nitrogens with zero attached hydrogens (tertiary/aromatic N) is 2. The Morgan fingerprint density at radius 3 is 2.37 bits per heavy atom. The number of piperidine rings is 1. The molecule has 0 aromatic heterocycles. The van der Waals surface area contributed by atoms with E-state index in [0.29, 0.717) is 0 Å². The number of carbonyl (C=O) groups excluding carboxylic acids is 1. The predicted octanol–water partition coefficient (Wildman–Crippen LogP) is 4.02. The smallest absolute Gasteiger partial charge is 0.248 e. The van der Waals surface area contributed by atoms with Crippen LogP contribution in [0.1, 0.15) is 24.8 Å². The summed E-state index contributed by atoms with van der Waals surface area (Å²) in [6.07, 6.45) is 2.75. The van der Waals surface area contributed by atoms with Crippen LogP contribution in [0.5, 0.6) is 0 Å². The van der Waals surface area contributed by atoms with Gasteiger partial charge in [0.25, 0.3) is 0 Å². The van der Waals surface area contributed by atoms with E-state index in [4.69, 9.17) is 11.6 Å². The van der Waals surface area contributed by atoms with E-state index in [-0.39, 0.29) is 5.91 Å². The van der Waals surface area contributed by atoms with Gasteiger partial charge >= 0.3 is 0 Å². The first-order valence-electron chi connectivity index (χ1n) is 9.74. The van der Waals surface area contributed by atoms with Gasteiger partial charge in [0.1, 0.15) is 5.54 Å². The monoisotopic (exact) mass is 383 g/mol. The molecular formula is C22H26ClN3O. The lowest BCUT2D eigenvalue weighted by atomic mass is 9.84. The molecule has 0 bridgehead atoms. The number of halogens is 1. The van der Waals surface area contributed by atoms with Crippen LogP contribution in [-0.4, -0.2) is 47.4 Å². The summed E-state index contributed by atoms with van der Waals surface area (Å²) in [5, 5.41) is 4.37. The summed E-state index contributed by atoms with van der Waals surface area (Å²) in [5.74, 6) is 0.264.